The second-order valence-corrected chi connectivity index (χ2v) is 4.28. The Morgan fingerprint density at radius 2 is 1.95 bits per heavy atom. The third kappa shape index (κ3) is 5.18. The second kappa shape index (κ2) is 8.63. The SMILES string of the molecule is CC=NC(=O)/C(=N/OC)c1ccccc1CON=C(C)C. The number of hydrogen-bond donors (Lipinski definition) is 0. The normalized spacial score (nSPS) is 11.3. The van der Waals surface area contributed by atoms with Crippen molar-refractivity contribution in [3.8, 4) is 0 Å². The Morgan fingerprint density at radius 3 is 2.57 bits per heavy atom. The van der Waals surface area contributed by atoms with E-state index in [0.717, 1.165) is 11.3 Å². The Bertz CT molecular complexity index is 573. The highest BCUT2D eigenvalue weighted by molar-refractivity contribution is 6.46. The van der Waals surface area contributed by atoms with E-state index in [2.05, 4.69) is 15.3 Å². The molecule has 0 atom stereocenters. The molecular weight excluding hydrogens is 270 g/mol. The summed E-state index contributed by atoms with van der Waals surface area (Å²) in [6, 6.07) is 7.26. The van der Waals surface area contributed by atoms with Crippen molar-refractivity contribution in [1.29, 1.82) is 0 Å². The van der Waals surface area contributed by atoms with Crippen LogP contribution in [0.15, 0.2) is 39.6 Å². The third-order valence-electron chi connectivity index (χ3n) is 2.37. The molecule has 0 saturated carbocycles. The van der Waals surface area contributed by atoms with Crippen LogP contribution < -0.4 is 0 Å². The maximum atomic E-state index is 12.0. The molecule has 0 aromatic heterocycles. The summed E-state index contributed by atoms with van der Waals surface area (Å²) in [5, 5.41) is 7.66. The zero-order valence-electron chi connectivity index (χ0n) is 12.7. The van der Waals surface area contributed by atoms with E-state index in [1.54, 1.807) is 19.1 Å². The van der Waals surface area contributed by atoms with Crippen molar-refractivity contribution in [2.45, 2.75) is 27.4 Å². The summed E-state index contributed by atoms with van der Waals surface area (Å²) in [6.07, 6.45) is 1.41. The van der Waals surface area contributed by atoms with Crippen LogP contribution in [0.3, 0.4) is 0 Å². The summed E-state index contributed by atoms with van der Waals surface area (Å²) in [5.74, 6) is -0.470. The predicted molar refractivity (Wildman–Crippen MR) is 82.7 cm³/mol. The fourth-order valence-electron chi connectivity index (χ4n) is 1.58. The van der Waals surface area contributed by atoms with Crippen LogP contribution in [0, 0.1) is 0 Å². The van der Waals surface area contributed by atoms with Crippen molar-refractivity contribution in [3.63, 3.8) is 0 Å². The van der Waals surface area contributed by atoms with E-state index < -0.39 is 5.91 Å². The van der Waals surface area contributed by atoms with Gasteiger partial charge in [-0.1, -0.05) is 34.6 Å². The van der Waals surface area contributed by atoms with E-state index in [4.69, 9.17) is 9.68 Å². The molecule has 1 aromatic carbocycles. The lowest BCUT2D eigenvalue weighted by atomic mass is 10.0. The number of oxime groups is 2. The number of carbonyl (C=O) groups is 1. The summed E-state index contributed by atoms with van der Waals surface area (Å²) < 4.78 is 0. The van der Waals surface area contributed by atoms with Crippen LogP contribution in [0.25, 0.3) is 0 Å². The molecule has 0 aliphatic carbocycles. The molecule has 0 saturated heterocycles. The number of benzene rings is 1. The van der Waals surface area contributed by atoms with E-state index in [0.29, 0.717) is 5.56 Å². The Labute approximate surface area is 124 Å². The Morgan fingerprint density at radius 1 is 1.24 bits per heavy atom. The highest BCUT2D eigenvalue weighted by atomic mass is 16.6. The lowest BCUT2D eigenvalue weighted by molar-refractivity contribution is -0.111. The van der Waals surface area contributed by atoms with E-state index >= 15 is 0 Å². The summed E-state index contributed by atoms with van der Waals surface area (Å²) >= 11 is 0. The van der Waals surface area contributed by atoms with Crippen molar-refractivity contribution in [1.82, 2.24) is 0 Å². The summed E-state index contributed by atoms with van der Waals surface area (Å²) in [6.45, 7) is 5.57. The molecule has 21 heavy (non-hydrogen) atoms. The number of amides is 1. The average Bonchev–Trinajstić information content (AvgIpc) is 2.45. The van der Waals surface area contributed by atoms with Crippen molar-refractivity contribution in [3.05, 3.63) is 35.4 Å². The molecule has 0 unspecified atom stereocenters. The fourth-order valence-corrected chi connectivity index (χ4v) is 1.58. The number of hydrogen-bond acceptors (Lipinski definition) is 5. The molecule has 0 aliphatic heterocycles. The van der Waals surface area contributed by atoms with Crippen LogP contribution in [0.2, 0.25) is 0 Å². The van der Waals surface area contributed by atoms with Gasteiger partial charge in [0.1, 0.15) is 13.7 Å². The number of aliphatic imine (C=N–C) groups is 1. The number of rotatable bonds is 6. The summed E-state index contributed by atoms with van der Waals surface area (Å²) in [5.41, 5.74) is 2.33. The maximum Gasteiger partial charge on any atom is 0.299 e. The molecule has 0 fully saturated rings. The Hall–Kier alpha value is -2.50. The minimum Gasteiger partial charge on any atom is -0.398 e. The Balaban J connectivity index is 3.11. The first-order valence-electron chi connectivity index (χ1n) is 6.45. The van der Waals surface area contributed by atoms with Gasteiger partial charge < -0.3 is 9.68 Å². The Kier molecular flexibility index (Phi) is 6.80. The average molecular weight is 289 g/mol. The highest BCUT2D eigenvalue weighted by Gasteiger charge is 2.17. The van der Waals surface area contributed by atoms with Gasteiger partial charge in [0.15, 0.2) is 5.71 Å². The lowest BCUT2D eigenvalue weighted by Crippen LogP contribution is -2.16. The standard InChI is InChI=1S/C15H19N3O3/c1-5-16-15(19)14(18-20-4)13-9-7-6-8-12(13)10-21-17-11(2)3/h5-9H,10H2,1-4H3/b16-5?,18-14+. The molecule has 0 heterocycles. The first kappa shape index (κ1) is 16.6. The molecule has 6 nitrogen and oxygen atoms in total. The van der Waals surface area contributed by atoms with Gasteiger partial charge >= 0.3 is 0 Å². The first-order valence-corrected chi connectivity index (χ1v) is 6.45. The zero-order valence-corrected chi connectivity index (χ0v) is 12.7. The molecule has 0 aliphatic rings. The molecule has 1 aromatic rings. The molecule has 0 radical (unpaired) electrons. The van der Waals surface area contributed by atoms with Gasteiger partial charge in [0.05, 0.1) is 5.71 Å². The summed E-state index contributed by atoms with van der Waals surface area (Å²) in [7, 11) is 1.38. The van der Waals surface area contributed by atoms with Crippen LogP contribution in [-0.2, 0) is 21.1 Å². The van der Waals surface area contributed by atoms with Gasteiger partial charge in [-0.2, -0.15) is 0 Å². The molecule has 0 N–H and O–H groups in total. The topological polar surface area (TPSA) is 72.6 Å². The lowest BCUT2D eigenvalue weighted by Gasteiger charge is -2.08. The van der Waals surface area contributed by atoms with Crippen LogP contribution in [-0.4, -0.2) is 30.7 Å². The van der Waals surface area contributed by atoms with Gasteiger partial charge in [-0.3, -0.25) is 4.79 Å². The van der Waals surface area contributed by atoms with Crippen LogP contribution in [0.1, 0.15) is 31.9 Å². The van der Waals surface area contributed by atoms with E-state index in [-0.39, 0.29) is 12.3 Å². The number of nitrogens with zero attached hydrogens (tertiary/aromatic N) is 3. The zero-order chi connectivity index (χ0) is 15.7. The van der Waals surface area contributed by atoms with E-state index in [1.165, 1.54) is 13.3 Å². The van der Waals surface area contributed by atoms with E-state index in [9.17, 15) is 4.79 Å². The largest absolute Gasteiger partial charge is 0.398 e. The molecule has 6 heteroatoms. The predicted octanol–water partition coefficient (Wildman–Crippen LogP) is 2.57. The van der Waals surface area contributed by atoms with Gasteiger partial charge in [0.2, 0.25) is 0 Å². The molecule has 1 amide bonds. The van der Waals surface area contributed by atoms with Gasteiger partial charge in [-0.15, -0.1) is 0 Å². The van der Waals surface area contributed by atoms with Crippen molar-refractivity contribution >= 4 is 23.5 Å². The van der Waals surface area contributed by atoms with Crippen LogP contribution in [0.5, 0.6) is 0 Å². The molecule has 0 spiro atoms. The number of carbonyl (C=O) groups excluding carboxylic acids is 1. The molecular formula is C15H19N3O3. The quantitative estimate of drug-likeness (QED) is 0.596. The van der Waals surface area contributed by atoms with Crippen LogP contribution in [0.4, 0.5) is 0 Å². The van der Waals surface area contributed by atoms with Gasteiger partial charge in [-0.25, -0.2) is 4.99 Å². The third-order valence-corrected chi connectivity index (χ3v) is 2.37. The van der Waals surface area contributed by atoms with Crippen molar-refractivity contribution in [2.24, 2.45) is 15.3 Å². The smallest absolute Gasteiger partial charge is 0.299 e. The molecule has 0 bridgehead atoms. The van der Waals surface area contributed by atoms with Gasteiger partial charge in [0.25, 0.3) is 5.91 Å². The first-order chi connectivity index (χ1) is 10.1. The van der Waals surface area contributed by atoms with Crippen molar-refractivity contribution < 1.29 is 14.5 Å². The monoisotopic (exact) mass is 289 g/mol. The van der Waals surface area contributed by atoms with Gasteiger partial charge in [-0.05, 0) is 20.8 Å². The van der Waals surface area contributed by atoms with Crippen molar-refractivity contribution in [2.75, 3.05) is 7.11 Å². The van der Waals surface area contributed by atoms with Gasteiger partial charge in [0, 0.05) is 17.3 Å². The minimum atomic E-state index is -0.470. The fraction of sp³-hybridized carbons (Fsp3) is 0.333. The minimum absolute atomic E-state index is 0.131. The highest BCUT2D eigenvalue weighted by Crippen LogP contribution is 2.13. The molecule has 1 rings (SSSR count). The van der Waals surface area contributed by atoms with Crippen LogP contribution >= 0.6 is 0 Å². The van der Waals surface area contributed by atoms with E-state index in [1.807, 2.05) is 26.0 Å². The second-order valence-electron chi connectivity index (χ2n) is 4.28. The summed E-state index contributed by atoms with van der Waals surface area (Å²) in [4.78, 5) is 25.7. The maximum absolute atomic E-state index is 12.0. The molecule has 112 valence electrons.